The molecule has 0 bridgehead atoms. The number of pyridine rings is 1. The first-order valence-corrected chi connectivity index (χ1v) is 7.37. The Morgan fingerprint density at radius 1 is 1.57 bits per heavy atom. The normalized spacial score (nSPS) is 11.7. The third-order valence-electron chi connectivity index (χ3n) is 2.37. The zero-order valence-electron chi connectivity index (χ0n) is 12.0. The molecule has 1 heterocycles. The van der Waals surface area contributed by atoms with Crippen LogP contribution in [0.1, 0.15) is 20.3 Å². The van der Waals surface area contributed by atoms with E-state index in [0.717, 1.165) is 4.90 Å². The van der Waals surface area contributed by atoms with Crippen LogP contribution >= 0.6 is 11.8 Å². The molecule has 116 valence electrons. The summed E-state index contributed by atoms with van der Waals surface area (Å²) in [6.07, 6.45) is 1.53. The van der Waals surface area contributed by atoms with Crippen LogP contribution in [0.4, 0.5) is 5.69 Å². The molecule has 0 radical (unpaired) electrons. The highest BCUT2D eigenvalue weighted by Gasteiger charge is 2.08. The fourth-order valence-corrected chi connectivity index (χ4v) is 2.38. The van der Waals surface area contributed by atoms with E-state index in [4.69, 9.17) is 15.6 Å². The van der Waals surface area contributed by atoms with Gasteiger partial charge in [-0.2, -0.15) is 0 Å². The molecule has 1 amide bonds. The van der Waals surface area contributed by atoms with E-state index < -0.39 is 5.97 Å². The lowest BCUT2D eigenvalue weighted by Gasteiger charge is -2.14. The highest BCUT2D eigenvalue weighted by molar-refractivity contribution is 7.99. The Morgan fingerprint density at radius 2 is 2.29 bits per heavy atom. The van der Waals surface area contributed by atoms with Crippen molar-refractivity contribution in [1.29, 1.82) is 0 Å². The first-order valence-electron chi connectivity index (χ1n) is 6.38. The largest absolute Gasteiger partial charge is 0.481 e. The molecule has 1 atom stereocenters. The minimum Gasteiger partial charge on any atom is -0.481 e. The number of carbonyl (C=O) groups excluding carboxylic acids is 1. The number of aliphatic carboxylic acids is 1. The number of carboxylic acids is 1. The maximum atomic E-state index is 10.9. The summed E-state index contributed by atoms with van der Waals surface area (Å²) < 4.78 is 5.48. The van der Waals surface area contributed by atoms with Crippen molar-refractivity contribution in [3.05, 3.63) is 12.3 Å². The second kappa shape index (κ2) is 8.35. The molecule has 0 aliphatic carbocycles. The third-order valence-corrected chi connectivity index (χ3v) is 3.45. The van der Waals surface area contributed by atoms with Crippen LogP contribution < -0.4 is 15.8 Å². The van der Waals surface area contributed by atoms with Gasteiger partial charge in [-0.15, -0.1) is 11.8 Å². The highest BCUT2D eigenvalue weighted by Crippen LogP contribution is 2.27. The molecule has 0 aliphatic heterocycles. The molecule has 0 aromatic carbocycles. The van der Waals surface area contributed by atoms with Gasteiger partial charge in [0.2, 0.25) is 11.8 Å². The number of nitrogens with two attached hydrogens (primary N) is 1. The Morgan fingerprint density at radius 3 is 2.90 bits per heavy atom. The summed E-state index contributed by atoms with van der Waals surface area (Å²) in [6.45, 7) is 3.55. The average Bonchev–Trinajstić information content (AvgIpc) is 2.38. The second-order valence-corrected chi connectivity index (χ2v) is 5.60. The van der Waals surface area contributed by atoms with Gasteiger partial charge in [0.1, 0.15) is 6.61 Å². The summed E-state index contributed by atoms with van der Waals surface area (Å²) in [5.41, 5.74) is 6.26. The van der Waals surface area contributed by atoms with Gasteiger partial charge in [0.05, 0.1) is 24.3 Å². The molecule has 21 heavy (non-hydrogen) atoms. The fourth-order valence-electron chi connectivity index (χ4n) is 1.48. The van der Waals surface area contributed by atoms with E-state index in [9.17, 15) is 9.59 Å². The first-order chi connectivity index (χ1) is 9.88. The Kier molecular flexibility index (Phi) is 6.80. The molecule has 0 saturated heterocycles. The number of carbonyl (C=O) groups is 2. The van der Waals surface area contributed by atoms with Crippen molar-refractivity contribution in [3.8, 4) is 5.88 Å². The zero-order chi connectivity index (χ0) is 15.8. The van der Waals surface area contributed by atoms with Gasteiger partial charge in [-0.3, -0.25) is 9.59 Å². The number of hydrogen-bond donors (Lipinski definition) is 3. The molecule has 0 fully saturated rings. The fraction of sp³-hybridized carbons (Fsp3) is 0.462. The number of hydrogen-bond acceptors (Lipinski definition) is 6. The van der Waals surface area contributed by atoms with Crippen molar-refractivity contribution in [2.45, 2.75) is 31.2 Å². The van der Waals surface area contributed by atoms with E-state index in [-0.39, 0.29) is 25.0 Å². The number of anilines is 1. The minimum absolute atomic E-state index is 0.0577. The summed E-state index contributed by atoms with van der Waals surface area (Å²) in [4.78, 5) is 26.2. The maximum Gasteiger partial charge on any atom is 0.304 e. The number of carboxylic acid groups (broad SMARTS) is 1. The molecule has 0 spiro atoms. The van der Waals surface area contributed by atoms with E-state index in [1.807, 2.05) is 6.92 Å². The van der Waals surface area contributed by atoms with Crippen LogP contribution in [0.3, 0.4) is 0 Å². The van der Waals surface area contributed by atoms with E-state index >= 15 is 0 Å². The topological polar surface area (TPSA) is 115 Å². The van der Waals surface area contributed by atoms with E-state index in [1.54, 1.807) is 6.07 Å². The van der Waals surface area contributed by atoms with Crippen LogP contribution in [-0.4, -0.2) is 40.4 Å². The minimum atomic E-state index is -0.851. The smallest absolute Gasteiger partial charge is 0.304 e. The number of nitrogen functional groups attached to an aromatic ring is 1. The second-order valence-electron chi connectivity index (χ2n) is 4.47. The molecule has 4 N–H and O–H groups in total. The van der Waals surface area contributed by atoms with Crippen LogP contribution in [0, 0.1) is 0 Å². The number of thioether (sulfide) groups is 1. The van der Waals surface area contributed by atoms with Gasteiger partial charge in [0.15, 0.2) is 0 Å². The predicted octanol–water partition coefficient (Wildman–Crippen LogP) is 1.13. The highest BCUT2D eigenvalue weighted by atomic mass is 32.2. The van der Waals surface area contributed by atoms with Gasteiger partial charge >= 0.3 is 5.97 Å². The zero-order valence-corrected chi connectivity index (χ0v) is 12.8. The Balaban J connectivity index is 2.55. The van der Waals surface area contributed by atoms with Crippen molar-refractivity contribution >= 4 is 29.3 Å². The van der Waals surface area contributed by atoms with Gasteiger partial charge in [-0.1, -0.05) is 0 Å². The summed E-state index contributed by atoms with van der Waals surface area (Å²) in [7, 11) is 0. The Hall–Kier alpha value is -1.96. The van der Waals surface area contributed by atoms with E-state index in [0.29, 0.717) is 17.3 Å². The molecule has 0 saturated carbocycles. The molecule has 1 rings (SSSR count). The molecule has 8 heteroatoms. The number of rotatable bonds is 8. The van der Waals surface area contributed by atoms with Crippen LogP contribution in [-0.2, 0) is 9.59 Å². The molecule has 0 aliphatic rings. The lowest BCUT2D eigenvalue weighted by molar-refractivity contribution is -0.136. The SMILES string of the molecule is CC(=O)N[C@@H](C)COc1cc(SCCC(=O)O)c(N)cn1. The molecule has 0 unspecified atom stereocenters. The summed E-state index contributed by atoms with van der Waals surface area (Å²) in [5.74, 6) is -0.165. The van der Waals surface area contributed by atoms with Gasteiger partial charge < -0.3 is 20.9 Å². The quantitative estimate of drug-likeness (QED) is 0.616. The molecule has 1 aromatic heterocycles. The van der Waals surface area contributed by atoms with Crippen LogP contribution in [0.15, 0.2) is 17.2 Å². The number of amides is 1. The van der Waals surface area contributed by atoms with Crippen molar-refractivity contribution < 1.29 is 19.4 Å². The molecular formula is C13H19N3O4S. The number of nitrogens with one attached hydrogen (secondary N) is 1. The number of ether oxygens (including phenoxy) is 1. The van der Waals surface area contributed by atoms with E-state index in [2.05, 4.69) is 10.3 Å². The standard InChI is InChI=1S/C13H19N3O4S/c1-8(16-9(2)17)7-20-12-5-11(10(14)6-15-12)21-4-3-13(18)19/h5-6,8H,3-4,7,14H2,1-2H3,(H,16,17)(H,18,19)/t8-/m0/s1. The van der Waals surface area contributed by atoms with Crippen molar-refractivity contribution in [3.63, 3.8) is 0 Å². The van der Waals surface area contributed by atoms with Crippen molar-refractivity contribution in [2.24, 2.45) is 0 Å². The lowest BCUT2D eigenvalue weighted by Crippen LogP contribution is -2.35. The Labute approximate surface area is 127 Å². The monoisotopic (exact) mass is 313 g/mol. The van der Waals surface area contributed by atoms with Crippen LogP contribution in [0.2, 0.25) is 0 Å². The number of aromatic nitrogens is 1. The van der Waals surface area contributed by atoms with Gasteiger partial charge in [0.25, 0.3) is 0 Å². The number of nitrogens with zero attached hydrogens (tertiary/aromatic N) is 1. The Bertz CT molecular complexity index is 510. The predicted molar refractivity (Wildman–Crippen MR) is 80.4 cm³/mol. The maximum absolute atomic E-state index is 10.9. The molecular weight excluding hydrogens is 294 g/mol. The lowest BCUT2D eigenvalue weighted by atomic mass is 10.3. The van der Waals surface area contributed by atoms with Gasteiger partial charge in [-0.05, 0) is 6.92 Å². The van der Waals surface area contributed by atoms with Gasteiger partial charge in [0, 0.05) is 23.6 Å². The van der Waals surface area contributed by atoms with Gasteiger partial charge in [-0.25, -0.2) is 4.98 Å². The van der Waals surface area contributed by atoms with Crippen LogP contribution in [0.25, 0.3) is 0 Å². The van der Waals surface area contributed by atoms with Crippen molar-refractivity contribution in [1.82, 2.24) is 10.3 Å². The molecule has 7 nitrogen and oxygen atoms in total. The third kappa shape index (κ3) is 6.84. The average molecular weight is 313 g/mol. The first kappa shape index (κ1) is 17.1. The summed E-state index contributed by atoms with van der Waals surface area (Å²) in [5, 5.41) is 11.3. The van der Waals surface area contributed by atoms with E-state index in [1.165, 1.54) is 24.9 Å². The molecule has 1 aromatic rings. The van der Waals surface area contributed by atoms with Crippen molar-refractivity contribution in [2.75, 3.05) is 18.1 Å². The summed E-state index contributed by atoms with van der Waals surface area (Å²) in [6, 6.07) is 1.53. The van der Waals surface area contributed by atoms with Crippen LogP contribution in [0.5, 0.6) is 5.88 Å². The summed E-state index contributed by atoms with van der Waals surface area (Å²) >= 11 is 1.34.